The Bertz CT molecular complexity index is 530. The van der Waals surface area contributed by atoms with Crippen LogP contribution in [-0.4, -0.2) is 21.4 Å². The number of methoxy groups -OCH3 is 1. The van der Waals surface area contributed by atoms with E-state index in [1.165, 1.54) is 0 Å². The summed E-state index contributed by atoms with van der Waals surface area (Å²) in [4.78, 5) is 4.97. The van der Waals surface area contributed by atoms with E-state index in [1.807, 2.05) is 42.5 Å². The highest BCUT2D eigenvalue weighted by Gasteiger charge is 2.06. The Hall–Kier alpha value is -2.11. The van der Waals surface area contributed by atoms with Gasteiger partial charge in [-0.05, 0) is 29.8 Å². The van der Waals surface area contributed by atoms with Crippen LogP contribution >= 0.6 is 0 Å². The van der Waals surface area contributed by atoms with Gasteiger partial charge in [-0.1, -0.05) is 0 Å². The highest BCUT2D eigenvalue weighted by atomic mass is 19.1. The van der Waals surface area contributed by atoms with Crippen molar-refractivity contribution in [3.05, 3.63) is 42.5 Å². The maximum absolute atomic E-state index is 9.50. The summed E-state index contributed by atoms with van der Waals surface area (Å²) in [7, 11) is 3.78. The second-order valence-corrected chi connectivity index (χ2v) is 3.94. The van der Waals surface area contributed by atoms with Gasteiger partial charge in [-0.2, -0.15) is 5.48 Å². The number of nitrogens with two attached hydrogens (primary N) is 2. The number of rotatable bonds is 4. The van der Waals surface area contributed by atoms with Crippen molar-refractivity contribution in [2.24, 2.45) is 0 Å². The summed E-state index contributed by atoms with van der Waals surface area (Å²) in [5, 5.41) is 0. The summed E-state index contributed by atoms with van der Waals surface area (Å²) in [6.07, 6.45) is 0. The van der Waals surface area contributed by atoms with E-state index in [4.69, 9.17) is 15.3 Å². The monoisotopic (exact) mass is 279 g/mol. The van der Waals surface area contributed by atoms with Gasteiger partial charge >= 0.3 is 0 Å². The molecule has 0 aliphatic rings. The van der Waals surface area contributed by atoms with Crippen molar-refractivity contribution in [1.82, 2.24) is 0 Å². The minimum absolute atomic E-state index is 0.500. The SMILES string of the molecule is CF.CO[NH2+]c1ccc(-c2ccc(N)cc2OC)cc1. The molecule has 5 heteroatoms. The number of hydrogen-bond acceptors (Lipinski definition) is 3. The van der Waals surface area contributed by atoms with Crippen molar-refractivity contribution < 1.29 is 19.4 Å². The maximum atomic E-state index is 9.50. The van der Waals surface area contributed by atoms with E-state index in [0.717, 1.165) is 22.6 Å². The normalized spacial score (nSPS) is 9.60. The zero-order valence-electron chi connectivity index (χ0n) is 11.9. The zero-order valence-corrected chi connectivity index (χ0v) is 11.9. The molecule has 0 radical (unpaired) electrons. The van der Waals surface area contributed by atoms with E-state index in [-0.39, 0.29) is 0 Å². The molecule has 0 spiro atoms. The lowest BCUT2D eigenvalue weighted by Gasteiger charge is -2.09. The first kappa shape index (κ1) is 15.9. The third-order valence-electron chi connectivity index (χ3n) is 2.70. The number of alkyl halides is 1. The van der Waals surface area contributed by atoms with Crippen molar-refractivity contribution >= 4 is 11.4 Å². The zero-order chi connectivity index (χ0) is 15.0. The van der Waals surface area contributed by atoms with Gasteiger partial charge in [0.2, 0.25) is 0 Å². The number of hydrogen-bond donors (Lipinski definition) is 2. The summed E-state index contributed by atoms with van der Waals surface area (Å²) in [6, 6.07) is 13.7. The van der Waals surface area contributed by atoms with Crippen LogP contribution in [0, 0.1) is 0 Å². The number of nitrogen functional groups attached to an aromatic ring is 1. The standard InChI is InChI=1S/C14H16N2O2.CH3F/c1-17-14-9-11(15)5-8-13(14)10-3-6-12(7-4-10)16-18-2;1-2/h3-9,16H,15H2,1-2H3;1H3/p+1. The third-order valence-corrected chi connectivity index (χ3v) is 2.70. The van der Waals surface area contributed by atoms with Gasteiger partial charge in [0, 0.05) is 29.4 Å². The Labute approximate surface area is 118 Å². The van der Waals surface area contributed by atoms with Crippen molar-refractivity contribution in [2.45, 2.75) is 0 Å². The molecular formula is C15H20FN2O2+. The lowest BCUT2D eigenvalue weighted by molar-refractivity contribution is -0.830. The smallest absolute Gasteiger partial charge is 0.161 e. The molecule has 2 aromatic carbocycles. The fourth-order valence-electron chi connectivity index (χ4n) is 1.82. The van der Waals surface area contributed by atoms with Gasteiger partial charge in [-0.3, -0.25) is 4.39 Å². The minimum atomic E-state index is 0.500. The largest absolute Gasteiger partial charge is 0.496 e. The van der Waals surface area contributed by atoms with E-state index in [9.17, 15) is 4.39 Å². The first-order valence-corrected chi connectivity index (χ1v) is 6.02. The molecule has 4 N–H and O–H groups in total. The second kappa shape index (κ2) is 8.14. The molecule has 0 saturated heterocycles. The third kappa shape index (κ3) is 3.94. The summed E-state index contributed by atoms with van der Waals surface area (Å²) in [5.41, 5.74) is 11.3. The molecule has 108 valence electrons. The molecule has 4 nitrogen and oxygen atoms in total. The molecule has 0 amide bonds. The van der Waals surface area contributed by atoms with E-state index in [1.54, 1.807) is 19.7 Å². The highest BCUT2D eigenvalue weighted by molar-refractivity contribution is 5.73. The first-order valence-electron chi connectivity index (χ1n) is 6.02. The van der Waals surface area contributed by atoms with Crippen LogP contribution in [0.5, 0.6) is 5.75 Å². The molecule has 0 unspecified atom stereocenters. The molecule has 0 aliphatic heterocycles. The van der Waals surface area contributed by atoms with Crippen LogP contribution in [0.3, 0.4) is 0 Å². The molecule has 0 bridgehead atoms. The summed E-state index contributed by atoms with van der Waals surface area (Å²) in [6.45, 7) is 0. The topological polar surface area (TPSA) is 61.1 Å². The lowest BCUT2D eigenvalue weighted by atomic mass is 10.0. The van der Waals surface area contributed by atoms with Crippen LogP contribution in [0.25, 0.3) is 11.1 Å². The van der Waals surface area contributed by atoms with Crippen LogP contribution in [0.15, 0.2) is 42.5 Å². The summed E-state index contributed by atoms with van der Waals surface area (Å²) < 4.78 is 14.8. The average molecular weight is 279 g/mol. The van der Waals surface area contributed by atoms with Gasteiger partial charge in [-0.15, -0.1) is 0 Å². The van der Waals surface area contributed by atoms with E-state index >= 15 is 0 Å². The van der Waals surface area contributed by atoms with Crippen LogP contribution in [0.2, 0.25) is 0 Å². The number of anilines is 1. The fourth-order valence-corrected chi connectivity index (χ4v) is 1.82. The van der Waals surface area contributed by atoms with Crippen molar-refractivity contribution in [1.29, 1.82) is 0 Å². The lowest BCUT2D eigenvalue weighted by Crippen LogP contribution is -2.75. The summed E-state index contributed by atoms with van der Waals surface area (Å²) >= 11 is 0. The molecule has 0 saturated carbocycles. The molecule has 0 aliphatic carbocycles. The van der Waals surface area contributed by atoms with Gasteiger partial charge in [0.25, 0.3) is 0 Å². The Kier molecular flexibility index (Phi) is 6.49. The molecule has 0 fully saturated rings. The quantitative estimate of drug-likeness (QED) is 0.667. The molecule has 0 aromatic heterocycles. The molecule has 2 aromatic rings. The second-order valence-electron chi connectivity index (χ2n) is 3.94. The van der Waals surface area contributed by atoms with Gasteiger partial charge in [-0.25, -0.2) is 4.84 Å². The number of benzene rings is 2. The maximum Gasteiger partial charge on any atom is 0.161 e. The van der Waals surface area contributed by atoms with E-state index in [0.29, 0.717) is 12.9 Å². The first-order chi connectivity index (χ1) is 9.74. The number of halogens is 1. The van der Waals surface area contributed by atoms with E-state index < -0.39 is 0 Å². The Morgan fingerprint density at radius 1 is 1.00 bits per heavy atom. The molecule has 0 atom stereocenters. The van der Waals surface area contributed by atoms with Gasteiger partial charge in [0.1, 0.15) is 5.75 Å². The average Bonchev–Trinajstić information content (AvgIpc) is 2.50. The van der Waals surface area contributed by atoms with Crippen molar-refractivity contribution in [3.63, 3.8) is 0 Å². The van der Waals surface area contributed by atoms with E-state index in [2.05, 4.69) is 0 Å². The van der Waals surface area contributed by atoms with Gasteiger partial charge in [0.15, 0.2) is 5.69 Å². The number of ether oxygens (including phenoxy) is 1. The predicted octanol–water partition coefficient (Wildman–Crippen LogP) is 2.29. The van der Waals surface area contributed by atoms with Crippen LogP contribution < -0.4 is 16.0 Å². The molecule has 20 heavy (non-hydrogen) atoms. The Balaban J connectivity index is 0.000000956. The van der Waals surface area contributed by atoms with Crippen molar-refractivity contribution in [2.75, 3.05) is 27.1 Å². The van der Waals surface area contributed by atoms with Crippen LogP contribution in [-0.2, 0) is 4.84 Å². The Morgan fingerprint density at radius 2 is 1.65 bits per heavy atom. The van der Waals surface area contributed by atoms with Crippen LogP contribution in [0.1, 0.15) is 0 Å². The summed E-state index contributed by atoms with van der Waals surface area (Å²) in [5.74, 6) is 0.776. The van der Waals surface area contributed by atoms with Gasteiger partial charge in [0.05, 0.1) is 21.4 Å². The molecule has 2 rings (SSSR count). The highest BCUT2D eigenvalue weighted by Crippen LogP contribution is 2.31. The molecular weight excluding hydrogens is 259 g/mol. The van der Waals surface area contributed by atoms with Gasteiger partial charge < -0.3 is 10.5 Å². The minimum Gasteiger partial charge on any atom is -0.496 e. The van der Waals surface area contributed by atoms with Crippen molar-refractivity contribution in [3.8, 4) is 16.9 Å². The Morgan fingerprint density at radius 3 is 2.20 bits per heavy atom. The molecule has 0 heterocycles. The number of quaternary nitrogens is 1. The van der Waals surface area contributed by atoms with Crippen LogP contribution in [0.4, 0.5) is 15.8 Å². The predicted molar refractivity (Wildman–Crippen MR) is 78.5 cm³/mol. The fraction of sp³-hybridized carbons (Fsp3) is 0.200.